The van der Waals surface area contributed by atoms with Gasteiger partial charge in [0.1, 0.15) is 5.04 Å². The van der Waals surface area contributed by atoms with E-state index in [-0.39, 0.29) is 0 Å². The topological polar surface area (TPSA) is 28.5 Å². The van der Waals surface area contributed by atoms with Crippen LogP contribution in [0, 0.1) is 0 Å². The van der Waals surface area contributed by atoms with Gasteiger partial charge in [-0.3, -0.25) is 9.99 Å². The highest BCUT2D eigenvalue weighted by molar-refractivity contribution is 8.14. The average molecular weight is 241 g/mol. The smallest absolute Gasteiger partial charge is 0.127 e. The van der Waals surface area contributed by atoms with Crippen molar-refractivity contribution in [3.63, 3.8) is 0 Å². The summed E-state index contributed by atoms with van der Waals surface area (Å²) in [6.07, 6.45) is 3.62. The quantitative estimate of drug-likeness (QED) is 0.809. The van der Waals surface area contributed by atoms with E-state index < -0.39 is 0 Å². The molecule has 0 saturated heterocycles. The first-order chi connectivity index (χ1) is 8.43. The Kier molecular flexibility index (Phi) is 2.80. The molecule has 84 valence electrons. The zero-order chi connectivity index (χ0) is 11.5. The molecule has 3 rings (SSSR count). The third-order valence-electron chi connectivity index (χ3n) is 2.50. The molecule has 3 nitrogen and oxygen atoms in total. The van der Waals surface area contributed by atoms with E-state index in [9.17, 15) is 0 Å². The van der Waals surface area contributed by atoms with Crippen LogP contribution in [-0.4, -0.2) is 15.9 Å². The number of anilines is 1. The van der Waals surface area contributed by atoms with Crippen LogP contribution >= 0.6 is 11.8 Å². The Morgan fingerprint density at radius 1 is 1.06 bits per heavy atom. The number of hydrogen-bond donors (Lipinski definition) is 0. The Morgan fingerprint density at radius 2 is 1.94 bits per heavy atom. The summed E-state index contributed by atoms with van der Waals surface area (Å²) < 4.78 is 0. The van der Waals surface area contributed by atoms with Crippen molar-refractivity contribution in [2.45, 2.75) is 0 Å². The summed E-state index contributed by atoms with van der Waals surface area (Å²) in [6, 6.07) is 14.2. The monoisotopic (exact) mass is 241 g/mol. The molecule has 4 heteroatoms. The van der Waals surface area contributed by atoms with Crippen LogP contribution in [-0.2, 0) is 0 Å². The maximum atomic E-state index is 4.60. The van der Waals surface area contributed by atoms with Crippen LogP contribution in [0.15, 0.2) is 60.0 Å². The summed E-state index contributed by atoms with van der Waals surface area (Å²) in [4.78, 5) is 4.11. The number of benzene rings is 1. The predicted octanol–water partition coefficient (Wildman–Crippen LogP) is 2.95. The molecule has 0 radical (unpaired) electrons. The van der Waals surface area contributed by atoms with Crippen molar-refractivity contribution in [1.82, 2.24) is 4.98 Å². The molecule has 0 fully saturated rings. The first-order valence-electron chi connectivity index (χ1n) is 5.38. The van der Waals surface area contributed by atoms with E-state index in [2.05, 4.69) is 22.2 Å². The van der Waals surface area contributed by atoms with Crippen LogP contribution in [0.3, 0.4) is 0 Å². The molecule has 17 heavy (non-hydrogen) atoms. The van der Waals surface area contributed by atoms with Crippen molar-refractivity contribution in [2.24, 2.45) is 5.10 Å². The lowest BCUT2D eigenvalue weighted by atomic mass is 10.3. The summed E-state index contributed by atoms with van der Waals surface area (Å²) in [5, 5.41) is 7.64. The number of pyridine rings is 1. The minimum Gasteiger partial charge on any atom is -0.264 e. The van der Waals surface area contributed by atoms with Crippen LogP contribution in [0.2, 0.25) is 0 Å². The number of para-hydroxylation sites is 1. The van der Waals surface area contributed by atoms with E-state index in [0.29, 0.717) is 0 Å². The largest absolute Gasteiger partial charge is 0.264 e. The highest BCUT2D eigenvalue weighted by Crippen LogP contribution is 2.26. The fourth-order valence-electron chi connectivity index (χ4n) is 1.65. The van der Waals surface area contributed by atoms with Gasteiger partial charge >= 0.3 is 0 Å². The lowest BCUT2D eigenvalue weighted by Gasteiger charge is -2.11. The van der Waals surface area contributed by atoms with Gasteiger partial charge in [0.25, 0.3) is 0 Å². The number of rotatable bonds is 2. The Hall–Kier alpha value is -1.81. The van der Waals surface area contributed by atoms with E-state index in [4.69, 9.17) is 0 Å². The second-order valence-corrected chi connectivity index (χ2v) is 4.59. The molecule has 1 aromatic carbocycles. The van der Waals surface area contributed by atoms with Crippen LogP contribution in [0.1, 0.15) is 5.56 Å². The molecule has 0 bridgehead atoms. The van der Waals surface area contributed by atoms with Gasteiger partial charge in [0, 0.05) is 18.0 Å². The van der Waals surface area contributed by atoms with E-state index in [1.165, 1.54) is 0 Å². The molecule has 0 N–H and O–H groups in total. The number of aromatic nitrogens is 1. The Balaban J connectivity index is 1.87. The molecular weight excluding hydrogens is 230 g/mol. The average Bonchev–Trinajstić information content (AvgIpc) is 2.90. The van der Waals surface area contributed by atoms with Crippen molar-refractivity contribution in [3.05, 3.63) is 60.4 Å². The molecule has 0 unspecified atom stereocenters. The Morgan fingerprint density at radius 3 is 2.71 bits per heavy atom. The summed E-state index contributed by atoms with van der Waals surface area (Å²) in [7, 11) is 0. The third-order valence-corrected chi connectivity index (χ3v) is 3.46. The van der Waals surface area contributed by atoms with Crippen molar-refractivity contribution < 1.29 is 0 Å². The third kappa shape index (κ3) is 2.17. The Bertz CT molecular complexity index is 525. The van der Waals surface area contributed by atoms with Crippen molar-refractivity contribution in [2.75, 3.05) is 10.9 Å². The molecule has 0 aliphatic carbocycles. The van der Waals surface area contributed by atoms with Gasteiger partial charge < -0.3 is 0 Å². The number of nitrogens with zero attached hydrogens (tertiary/aromatic N) is 3. The lowest BCUT2D eigenvalue weighted by molar-refractivity contribution is 1.01. The minimum absolute atomic E-state index is 0.855. The molecule has 2 heterocycles. The molecule has 1 aliphatic rings. The summed E-state index contributed by atoms with van der Waals surface area (Å²) in [5.41, 5.74) is 2.20. The maximum absolute atomic E-state index is 4.60. The fraction of sp³-hybridized carbons (Fsp3) is 0.0769. The summed E-state index contributed by atoms with van der Waals surface area (Å²) in [6.45, 7) is 0. The second kappa shape index (κ2) is 4.59. The van der Waals surface area contributed by atoms with E-state index in [1.54, 1.807) is 18.0 Å². The van der Waals surface area contributed by atoms with Crippen molar-refractivity contribution in [1.29, 1.82) is 0 Å². The molecule has 1 aromatic heterocycles. The molecular formula is C13H11N3S. The first-order valence-corrected chi connectivity index (χ1v) is 6.36. The van der Waals surface area contributed by atoms with Crippen molar-refractivity contribution >= 4 is 22.5 Å². The second-order valence-electron chi connectivity index (χ2n) is 3.66. The van der Waals surface area contributed by atoms with Crippen LogP contribution < -0.4 is 5.01 Å². The van der Waals surface area contributed by atoms with Gasteiger partial charge in [-0.2, -0.15) is 5.10 Å². The van der Waals surface area contributed by atoms with Crippen LogP contribution in [0.4, 0.5) is 5.69 Å². The van der Waals surface area contributed by atoms with Gasteiger partial charge in [0.2, 0.25) is 0 Å². The number of hydrazone groups is 1. The Labute approximate surface area is 104 Å². The molecule has 2 aromatic rings. The number of hydrogen-bond acceptors (Lipinski definition) is 4. The van der Waals surface area contributed by atoms with Crippen LogP contribution in [0.5, 0.6) is 0 Å². The fourth-order valence-corrected chi connectivity index (χ4v) is 2.55. The zero-order valence-corrected chi connectivity index (χ0v) is 9.97. The van der Waals surface area contributed by atoms with Crippen molar-refractivity contribution in [3.8, 4) is 0 Å². The van der Waals surface area contributed by atoms with Gasteiger partial charge in [0.05, 0.1) is 11.6 Å². The number of thioether (sulfide) groups is 1. The lowest BCUT2D eigenvalue weighted by Crippen LogP contribution is -2.09. The molecule has 0 amide bonds. The maximum Gasteiger partial charge on any atom is 0.127 e. The predicted molar refractivity (Wildman–Crippen MR) is 72.2 cm³/mol. The van der Waals surface area contributed by atoms with Crippen LogP contribution in [0.25, 0.3) is 0 Å². The summed E-state index contributed by atoms with van der Waals surface area (Å²) >= 11 is 1.73. The SMILES string of the molecule is c1ccc(N2CSC(c3cccnc3)=N2)cc1. The minimum atomic E-state index is 0.855. The van der Waals surface area contributed by atoms with Gasteiger partial charge in [-0.1, -0.05) is 30.0 Å². The van der Waals surface area contributed by atoms with Gasteiger partial charge in [0.15, 0.2) is 0 Å². The van der Waals surface area contributed by atoms with Gasteiger partial charge in [-0.25, -0.2) is 0 Å². The standard InChI is InChI=1S/C13H11N3S/c1-2-6-12(7-3-1)16-10-17-13(15-16)11-5-4-8-14-9-11/h1-9H,10H2. The van der Waals surface area contributed by atoms with Gasteiger partial charge in [-0.15, -0.1) is 0 Å². The highest BCUT2D eigenvalue weighted by Gasteiger charge is 2.17. The van der Waals surface area contributed by atoms with Gasteiger partial charge in [-0.05, 0) is 24.3 Å². The summed E-state index contributed by atoms with van der Waals surface area (Å²) in [5.74, 6) is 0.855. The van der Waals surface area contributed by atoms with E-state index >= 15 is 0 Å². The normalized spacial score (nSPS) is 14.8. The molecule has 0 saturated carbocycles. The molecule has 1 aliphatic heterocycles. The highest BCUT2D eigenvalue weighted by atomic mass is 32.2. The first kappa shape index (κ1) is 10.4. The molecule has 0 atom stereocenters. The molecule has 0 spiro atoms. The van der Waals surface area contributed by atoms with E-state index in [0.717, 1.165) is 22.2 Å². The van der Waals surface area contributed by atoms with E-state index in [1.807, 2.05) is 41.5 Å². The zero-order valence-electron chi connectivity index (χ0n) is 9.15.